The fourth-order valence-electron chi connectivity index (χ4n) is 3.24. The molecule has 3 aromatic heterocycles. The summed E-state index contributed by atoms with van der Waals surface area (Å²) in [6.45, 7) is 2.94. The van der Waals surface area contributed by atoms with E-state index in [1.165, 1.54) is 12.8 Å². The number of hydrogen-bond donors (Lipinski definition) is 1. The minimum absolute atomic E-state index is 0.705. The Morgan fingerprint density at radius 3 is 2.60 bits per heavy atom. The molecule has 0 atom stereocenters. The maximum atomic E-state index is 4.59. The van der Waals surface area contributed by atoms with Crippen LogP contribution < -0.4 is 10.2 Å². The average Bonchev–Trinajstić information content (AvgIpc) is 3.31. The molecular formula is C19H22N6. The molecule has 1 N–H and O–H groups in total. The molecule has 6 nitrogen and oxygen atoms in total. The smallest absolute Gasteiger partial charge is 0.128 e. The zero-order chi connectivity index (χ0) is 17.1. The summed E-state index contributed by atoms with van der Waals surface area (Å²) in [5.74, 6) is 1.07. The zero-order valence-corrected chi connectivity index (χ0v) is 14.4. The number of rotatable bonds is 5. The van der Waals surface area contributed by atoms with Gasteiger partial charge in [-0.2, -0.15) is 5.10 Å². The van der Waals surface area contributed by atoms with Crippen molar-refractivity contribution in [2.24, 2.45) is 7.05 Å². The quantitative estimate of drug-likeness (QED) is 0.777. The summed E-state index contributed by atoms with van der Waals surface area (Å²) in [5.41, 5.74) is 4.23. The van der Waals surface area contributed by atoms with Crippen LogP contribution in [0, 0.1) is 0 Å². The lowest BCUT2D eigenvalue weighted by Crippen LogP contribution is -2.18. The maximum Gasteiger partial charge on any atom is 0.128 e. The van der Waals surface area contributed by atoms with Gasteiger partial charge in [0.15, 0.2) is 0 Å². The van der Waals surface area contributed by atoms with E-state index >= 15 is 0 Å². The third kappa shape index (κ3) is 3.47. The van der Waals surface area contributed by atoms with Crippen LogP contribution in [0.15, 0.2) is 49.1 Å². The Hall–Kier alpha value is -2.89. The van der Waals surface area contributed by atoms with Crippen LogP contribution in [-0.4, -0.2) is 32.8 Å². The predicted octanol–water partition coefficient (Wildman–Crippen LogP) is 3.09. The van der Waals surface area contributed by atoms with Crippen LogP contribution in [0.5, 0.6) is 0 Å². The molecule has 3 aromatic rings. The molecule has 1 saturated heterocycles. The minimum Gasteiger partial charge on any atom is -0.380 e. The summed E-state index contributed by atoms with van der Waals surface area (Å²) in [4.78, 5) is 11.0. The van der Waals surface area contributed by atoms with Crippen molar-refractivity contribution in [3.63, 3.8) is 0 Å². The van der Waals surface area contributed by atoms with Crippen LogP contribution >= 0.6 is 0 Å². The number of aromatic nitrogens is 4. The number of aryl methyl sites for hydroxylation is 1. The highest BCUT2D eigenvalue weighted by Gasteiger charge is 2.13. The van der Waals surface area contributed by atoms with Crippen molar-refractivity contribution in [3.8, 4) is 11.3 Å². The van der Waals surface area contributed by atoms with Gasteiger partial charge in [-0.1, -0.05) is 0 Å². The van der Waals surface area contributed by atoms with E-state index < -0.39 is 0 Å². The Labute approximate surface area is 147 Å². The topological polar surface area (TPSA) is 58.9 Å². The maximum absolute atomic E-state index is 4.59. The van der Waals surface area contributed by atoms with Crippen LogP contribution in [0.3, 0.4) is 0 Å². The summed E-state index contributed by atoms with van der Waals surface area (Å²) in [7, 11) is 1.95. The summed E-state index contributed by atoms with van der Waals surface area (Å²) in [6.07, 6.45) is 10.1. The van der Waals surface area contributed by atoms with Crippen LogP contribution in [0.1, 0.15) is 18.4 Å². The lowest BCUT2D eigenvalue weighted by molar-refractivity contribution is 0.770. The molecule has 128 valence electrons. The lowest BCUT2D eigenvalue weighted by atomic mass is 10.1. The SMILES string of the molecule is Cn1cc(CNc2ccc(N3CCCC3)nc2)c(-c2ccncc2)n1. The van der Waals surface area contributed by atoms with Crippen LogP contribution in [0.25, 0.3) is 11.3 Å². The number of nitrogens with one attached hydrogen (secondary N) is 1. The molecule has 0 amide bonds. The molecule has 0 unspecified atom stereocenters. The van der Waals surface area contributed by atoms with Crippen LogP contribution in [-0.2, 0) is 13.6 Å². The molecule has 6 heteroatoms. The number of pyridine rings is 2. The summed E-state index contributed by atoms with van der Waals surface area (Å²) < 4.78 is 1.85. The van der Waals surface area contributed by atoms with Gasteiger partial charge < -0.3 is 10.2 Å². The normalized spacial score (nSPS) is 14.0. The summed E-state index contributed by atoms with van der Waals surface area (Å²) in [5, 5.41) is 8.04. The Kier molecular flexibility index (Phi) is 4.33. The minimum atomic E-state index is 0.705. The van der Waals surface area contributed by atoms with E-state index in [1.807, 2.05) is 30.1 Å². The third-order valence-corrected chi connectivity index (χ3v) is 4.52. The first-order chi connectivity index (χ1) is 12.3. The molecule has 25 heavy (non-hydrogen) atoms. The van der Waals surface area contributed by atoms with Crippen molar-refractivity contribution in [2.75, 3.05) is 23.3 Å². The van der Waals surface area contributed by atoms with E-state index in [9.17, 15) is 0 Å². The van der Waals surface area contributed by atoms with Gasteiger partial charge in [-0.25, -0.2) is 4.98 Å². The molecule has 0 saturated carbocycles. The van der Waals surface area contributed by atoms with Crippen molar-refractivity contribution in [1.82, 2.24) is 19.7 Å². The molecule has 4 rings (SSSR count). The summed E-state index contributed by atoms with van der Waals surface area (Å²) in [6, 6.07) is 8.17. The Morgan fingerprint density at radius 2 is 1.88 bits per heavy atom. The molecule has 0 radical (unpaired) electrons. The van der Waals surface area contributed by atoms with Crippen molar-refractivity contribution >= 4 is 11.5 Å². The molecule has 4 heterocycles. The predicted molar refractivity (Wildman–Crippen MR) is 99.4 cm³/mol. The van der Waals surface area contributed by atoms with Gasteiger partial charge in [0.1, 0.15) is 5.82 Å². The highest BCUT2D eigenvalue weighted by molar-refractivity contribution is 5.62. The van der Waals surface area contributed by atoms with Crippen LogP contribution in [0.4, 0.5) is 11.5 Å². The van der Waals surface area contributed by atoms with Crippen molar-refractivity contribution in [2.45, 2.75) is 19.4 Å². The monoisotopic (exact) mass is 334 g/mol. The van der Waals surface area contributed by atoms with E-state index in [0.29, 0.717) is 6.54 Å². The van der Waals surface area contributed by atoms with Gasteiger partial charge in [0.25, 0.3) is 0 Å². The van der Waals surface area contributed by atoms with Crippen molar-refractivity contribution in [1.29, 1.82) is 0 Å². The van der Waals surface area contributed by atoms with Gasteiger partial charge in [-0.05, 0) is 37.1 Å². The number of hydrogen-bond acceptors (Lipinski definition) is 5. The second-order valence-electron chi connectivity index (χ2n) is 6.37. The molecule has 0 aromatic carbocycles. The number of anilines is 2. The molecule has 0 aliphatic carbocycles. The van der Waals surface area contributed by atoms with E-state index in [0.717, 1.165) is 41.4 Å². The largest absolute Gasteiger partial charge is 0.380 e. The van der Waals surface area contributed by atoms with E-state index in [1.54, 1.807) is 12.4 Å². The van der Waals surface area contributed by atoms with Crippen LogP contribution in [0.2, 0.25) is 0 Å². The summed E-state index contributed by atoms with van der Waals surface area (Å²) >= 11 is 0. The molecular weight excluding hydrogens is 312 g/mol. The lowest BCUT2D eigenvalue weighted by Gasteiger charge is -2.16. The molecule has 1 aliphatic heterocycles. The number of nitrogens with zero attached hydrogens (tertiary/aromatic N) is 5. The Balaban J connectivity index is 1.46. The molecule has 0 bridgehead atoms. The fourth-order valence-corrected chi connectivity index (χ4v) is 3.24. The third-order valence-electron chi connectivity index (χ3n) is 4.52. The fraction of sp³-hybridized carbons (Fsp3) is 0.316. The second kappa shape index (κ2) is 6.93. The van der Waals surface area contributed by atoms with Gasteiger partial charge in [-0.15, -0.1) is 0 Å². The van der Waals surface area contributed by atoms with Gasteiger partial charge in [0, 0.05) is 56.4 Å². The van der Waals surface area contributed by atoms with Gasteiger partial charge in [-0.3, -0.25) is 9.67 Å². The molecule has 1 fully saturated rings. The van der Waals surface area contributed by atoms with Crippen molar-refractivity contribution < 1.29 is 0 Å². The first-order valence-corrected chi connectivity index (χ1v) is 8.67. The van der Waals surface area contributed by atoms with Gasteiger partial charge >= 0.3 is 0 Å². The Bertz CT molecular complexity index is 819. The first-order valence-electron chi connectivity index (χ1n) is 8.67. The second-order valence-corrected chi connectivity index (χ2v) is 6.37. The standard InChI is InChI=1S/C19H22N6/c1-24-14-16(19(23-24)15-6-8-20-9-7-15)12-21-17-4-5-18(22-13-17)25-10-2-3-11-25/h4-9,13-14,21H,2-3,10-12H2,1H3. The highest BCUT2D eigenvalue weighted by Crippen LogP contribution is 2.23. The molecule has 1 aliphatic rings. The average molecular weight is 334 g/mol. The first kappa shape index (κ1) is 15.6. The van der Waals surface area contributed by atoms with Crippen molar-refractivity contribution in [3.05, 3.63) is 54.6 Å². The van der Waals surface area contributed by atoms with Gasteiger partial charge in [0.05, 0.1) is 17.6 Å². The highest BCUT2D eigenvalue weighted by atomic mass is 15.3. The molecule has 0 spiro atoms. The van der Waals surface area contributed by atoms with Gasteiger partial charge in [0.2, 0.25) is 0 Å². The zero-order valence-electron chi connectivity index (χ0n) is 14.4. The van der Waals surface area contributed by atoms with E-state index in [4.69, 9.17) is 0 Å². The Morgan fingerprint density at radius 1 is 1.08 bits per heavy atom. The van der Waals surface area contributed by atoms with E-state index in [-0.39, 0.29) is 0 Å². The van der Waals surface area contributed by atoms with E-state index in [2.05, 4.69) is 43.6 Å².